The molecular weight excluding hydrogens is 484 g/mol. The van der Waals surface area contributed by atoms with E-state index in [4.69, 9.17) is 12.2 Å². The molecule has 1 aromatic heterocycles. The van der Waals surface area contributed by atoms with Gasteiger partial charge in [0.15, 0.2) is 4.77 Å². The van der Waals surface area contributed by atoms with Gasteiger partial charge in [-0.2, -0.15) is 0 Å². The van der Waals surface area contributed by atoms with Crippen LogP contribution in [-0.4, -0.2) is 14.7 Å². The van der Waals surface area contributed by atoms with E-state index < -0.39 is 0 Å². The van der Waals surface area contributed by atoms with Crippen LogP contribution >= 0.6 is 12.2 Å². The minimum Gasteiger partial charge on any atom is -0.494 e. The molecule has 4 saturated carbocycles. The molecule has 5 aliphatic carbocycles. The van der Waals surface area contributed by atoms with Crippen LogP contribution in [0.15, 0.2) is 67.5 Å². The summed E-state index contributed by atoms with van der Waals surface area (Å²) in [6.45, 7) is 0.686. The van der Waals surface area contributed by atoms with Gasteiger partial charge in [-0.3, -0.25) is 14.3 Å². The third-order valence-electron chi connectivity index (χ3n) is 8.92. The molecule has 8 rings (SSSR count). The summed E-state index contributed by atoms with van der Waals surface area (Å²) >= 11 is 5.54. The van der Waals surface area contributed by atoms with Crippen molar-refractivity contribution in [2.75, 3.05) is 0 Å². The predicted molar refractivity (Wildman–Crippen MR) is 142 cm³/mol. The highest BCUT2D eigenvalue weighted by molar-refractivity contribution is 7.71. The summed E-state index contributed by atoms with van der Waals surface area (Å²) in [5, 5.41) is 28.1. The predicted octanol–water partition coefficient (Wildman–Crippen LogP) is 4.92. The maximum atomic E-state index is 12.9. The van der Waals surface area contributed by atoms with Gasteiger partial charge in [-0.25, -0.2) is 0 Å². The molecule has 4 bridgehead atoms. The lowest BCUT2D eigenvalue weighted by molar-refractivity contribution is -0.0631. The quantitative estimate of drug-likeness (QED) is 0.570. The van der Waals surface area contributed by atoms with Crippen molar-refractivity contribution >= 4 is 29.7 Å². The van der Waals surface area contributed by atoms with Gasteiger partial charge in [0, 0.05) is 11.8 Å². The first-order valence-electron chi connectivity index (χ1n) is 13.0. The van der Waals surface area contributed by atoms with Crippen LogP contribution in [0.5, 0.6) is 5.88 Å². The lowest BCUT2D eigenvalue weighted by Crippen LogP contribution is -2.48. The molecule has 0 unspecified atom stereocenters. The number of aromatic amines is 1. The van der Waals surface area contributed by atoms with Gasteiger partial charge in [-0.05, 0) is 113 Å². The van der Waals surface area contributed by atoms with Gasteiger partial charge in [-0.1, -0.05) is 36.4 Å². The fraction of sp³-hybridized carbons (Fsp3) is 0.429. The van der Waals surface area contributed by atoms with Crippen LogP contribution in [0.2, 0.25) is 0 Å². The first-order valence-corrected chi connectivity index (χ1v) is 13.5. The lowest BCUT2D eigenvalue weighted by atomic mass is 9.49. The number of hydrogen-bond acceptors (Lipinski definition) is 7. The van der Waals surface area contributed by atoms with E-state index >= 15 is 0 Å². The van der Waals surface area contributed by atoms with Crippen molar-refractivity contribution in [3.05, 3.63) is 73.1 Å². The molecule has 0 amide bonds. The van der Waals surface area contributed by atoms with E-state index in [-0.39, 0.29) is 22.4 Å². The lowest BCUT2D eigenvalue weighted by Gasteiger charge is -2.57. The van der Waals surface area contributed by atoms with Gasteiger partial charge in [0.2, 0.25) is 11.7 Å². The van der Waals surface area contributed by atoms with Crippen LogP contribution < -0.4 is 16.0 Å². The van der Waals surface area contributed by atoms with E-state index in [1.54, 1.807) is 10.6 Å². The minimum absolute atomic E-state index is 0.0138. The molecule has 8 nitrogen and oxygen atoms in total. The van der Waals surface area contributed by atoms with Crippen molar-refractivity contribution in [2.24, 2.45) is 43.8 Å². The third kappa shape index (κ3) is 4.05. The van der Waals surface area contributed by atoms with Gasteiger partial charge in [0.1, 0.15) is 5.56 Å². The average molecular weight is 513 g/mol. The van der Waals surface area contributed by atoms with E-state index in [1.807, 2.05) is 30.3 Å². The standard InChI is InChI=1S/C28H28N6O2S/c35-25-23(11-16-1-2-22(10-16)20-3-5-21(6-4-20)24-30-32-33-31-24)26(36)34(27(37)29-25)15-28-12-17-7-18(13-28)9-19(8-17)14-28/h1-6,11,17-19,36H,7-10,12-15H2,(H,29,35,37). The summed E-state index contributed by atoms with van der Waals surface area (Å²) in [5.41, 5.74) is 2.22. The molecular formula is C28H28N6O2S. The van der Waals surface area contributed by atoms with Gasteiger partial charge in [0.25, 0.3) is 5.56 Å². The van der Waals surface area contributed by atoms with Gasteiger partial charge in [-0.15, -0.1) is 10.2 Å². The topological polar surface area (TPSA) is 107 Å². The molecule has 188 valence electrons. The fourth-order valence-corrected chi connectivity index (χ4v) is 8.04. The summed E-state index contributed by atoms with van der Waals surface area (Å²) in [4.78, 5) is 15.7. The van der Waals surface area contributed by atoms with E-state index in [2.05, 4.69) is 31.7 Å². The highest BCUT2D eigenvalue weighted by Crippen LogP contribution is 2.60. The number of nitrogens with one attached hydrogen (secondary N) is 1. The Morgan fingerprint density at radius 2 is 1.62 bits per heavy atom. The summed E-state index contributed by atoms with van der Waals surface area (Å²) in [5.74, 6) is 2.92. The number of allylic oxidation sites excluding steroid dienone is 3. The second-order valence-electron chi connectivity index (χ2n) is 11.5. The number of nitrogens with zero attached hydrogens (tertiary/aromatic N) is 5. The largest absolute Gasteiger partial charge is 0.494 e. The van der Waals surface area contributed by atoms with Crippen molar-refractivity contribution in [2.45, 2.75) is 51.5 Å². The third-order valence-corrected chi connectivity index (χ3v) is 9.24. The highest BCUT2D eigenvalue weighted by Gasteiger charge is 2.51. The Kier molecular flexibility index (Phi) is 5.25. The Hall–Kier alpha value is -3.46. The number of rotatable bonds is 3. The van der Waals surface area contributed by atoms with Crippen molar-refractivity contribution in [3.63, 3.8) is 0 Å². The van der Waals surface area contributed by atoms with Crippen LogP contribution in [0, 0.1) is 27.9 Å². The Balaban J connectivity index is 1.19. The zero-order valence-corrected chi connectivity index (χ0v) is 21.2. The Morgan fingerprint density at radius 3 is 2.27 bits per heavy atom. The van der Waals surface area contributed by atoms with Gasteiger partial charge < -0.3 is 5.11 Å². The number of benzene rings is 1. The first kappa shape index (κ1) is 22.7. The van der Waals surface area contributed by atoms with E-state index in [9.17, 15) is 9.90 Å². The van der Waals surface area contributed by atoms with Crippen LogP contribution in [0.3, 0.4) is 0 Å². The Morgan fingerprint density at radius 1 is 1.00 bits per heavy atom. The molecule has 6 aliphatic rings. The number of H-pyrrole nitrogens is 1. The SMILES string of the molecule is O=c1[nH]c(=S)n(CC23CC4CC(CC(C4)C2)C3)c(O)c1C=C1C=CC(=c2ccc(=C3N=NN=N3)cc2)C1. The smallest absolute Gasteiger partial charge is 0.262 e. The zero-order valence-electron chi connectivity index (χ0n) is 20.4. The zero-order chi connectivity index (χ0) is 25.1. The molecule has 2 heterocycles. The van der Waals surface area contributed by atoms with Crippen molar-refractivity contribution in [1.82, 2.24) is 9.55 Å². The van der Waals surface area contributed by atoms with E-state index in [1.165, 1.54) is 38.5 Å². The van der Waals surface area contributed by atoms with Crippen LogP contribution in [-0.2, 0) is 6.54 Å². The molecule has 0 radical (unpaired) electrons. The normalized spacial score (nSPS) is 30.4. The first-order chi connectivity index (χ1) is 17.9. The second kappa shape index (κ2) is 8.55. The van der Waals surface area contributed by atoms with E-state index in [0.717, 1.165) is 39.3 Å². The molecule has 0 saturated heterocycles. The van der Waals surface area contributed by atoms with Gasteiger partial charge in [0.05, 0.1) is 0 Å². The summed E-state index contributed by atoms with van der Waals surface area (Å²) in [7, 11) is 0. The molecule has 0 spiro atoms. The molecule has 2 N–H and O–H groups in total. The molecule has 4 fully saturated rings. The van der Waals surface area contributed by atoms with Crippen LogP contribution in [0.4, 0.5) is 0 Å². The molecule has 37 heavy (non-hydrogen) atoms. The maximum Gasteiger partial charge on any atom is 0.262 e. The van der Waals surface area contributed by atoms with Crippen molar-refractivity contribution < 1.29 is 5.11 Å². The van der Waals surface area contributed by atoms with E-state index in [0.29, 0.717) is 23.6 Å². The van der Waals surface area contributed by atoms with Crippen LogP contribution in [0.1, 0.15) is 50.5 Å². The molecule has 2 aromatic rings. The molecule has 1 aromatic carbocycles. The molecule has 9 heteroatoms. The average Bonchev–Trinajstić information content (AvgIpc) is 3.57. The van der Waals surface area contributed by atoms with Crippen LogP contribution in [0.25, 0.3) is 17.5 Å². The van der Waals surface area contributed by atoms with Crippen molar-refractivity contribution in [3.8, 4) is 5.88 Å². The Bertz CT molecular complexity index is 1600. The minimum atomic E-state index is -0.347. The second-order valence-corrected chi connectivity index (χ2v) is 11.9. The maximum absolute atomic E-state index is 12.9. The monoisotopic (exact) mass is 512 g/mol. The molecule has 0 atom stereocenters. The number of hydrogen-bond donors (Lipinski definition) is 2. The van der Waals surface area contributed by atoms with Crippen molar-refractivity contribution in [1.29, 1.82) is 0 Å². The summed E-state index contributed by atoms with van der Waals surface area (Å²) in [6.07, 6.45) is 14.2. The molecule has 1 aliphatic heterocycles. The number of aromatic nitrogens is 2. The highest BCUT2D eigenvalue weighted by atomic mass is 32.1. The fourth-order valence-electron chi connectivity index (χ4n) is 7.79. The Labute approximate surface area is 218 Å². The number of aromatic hydroxyl groups is 1. The summed E-state index contributed by atoms with van der Waals surface area (Å²) in [6, 6.07) is 7.93. The van der Waals surface area contributed by atoms with Gasteiger partial charge >= 0.3 is 0 Å². The summed E-state index contributed by atoms with van der Waals surface area (Å²) < 4.78 is 2.10.